The van der Waals surface area contributed by atoms with E-state index in [1.165, 1.54) is 0 Å². The molecule has 1 saturated heterocycles. The summed E-state index contributed by atoms with van der Waals surface area (Å²) in [5, 5.41) is 0.662. The second kappa shape index (κ2) is 5.84. The Balaban J connectivity index is 2.09. The van der Waals surface area contributed by atoms with E-state index in [1.807, 2.05) is 19.1 Å². The number of carbonyl (C=O) groups is 1. The Labute approximate surface area is 126 Å². The van der Waals surface area contributed by atoms with Gasteiger partial charge in [0.25, 0.3) is 0 Å². The van der Waals surface area contributed by atoms with Gasteiger partial charge in [0.1, 0.15) is 0 Å². The SMILES string of the molecule is CC(C(=O)c1ccc(Cl)cc1)N1CCN(C)C(C)(C)C1. The van der Waals surface area contributed by atoms with Gasteiger partial charge in [-0.3, -0.25) is 14.6 Å². The highest BCUT2D eigenvalue weighted by Crippen LogP contribution is 2.22. The zero-order valence-corrected chi connectivity index (χ0v) is 13.4. The molecule has 0 saturated carbocycles. The summed E-state index contributed by atoms with van der Waals surface area (Å²) in [5.41, 5.74) is 0.839. The number of benzene rings is 1. The molecule has 1 aromatic rings. The third-order valence-electron chi connectivity index (χ3n) is 4.40. The molecule has 3 nitrogen and oxygen atoms in total. The molecule has 0 bridgehead atoms. The smallest absolute Gasteiger partial charge is 0.179 e. The van der Waals surface area contributed by atoms with Crippen molar-refractivity contribution in [2.75, 3.05) is 26.7 Å². The zero-order valence-electron chi connectivity index (χ0n) is 12.7. The number of piperazine rings is 1. The molecule has 2 rings (SSSR count). The van der Waals surface area contributed by atoms with E-state index in [-0.39, 0.29) is 17.4 Å². The van der Waals surface area contributed by atoms with Crippen LogP contribution in [0.25, 0.3) is 0 Å². The van der Waals surface area contributed by atoms with Gasteiger partial charge in [0.2, 0.25) is 0 Å². The lowest BCUT2D eigenvalue weighted by Crippen LogP contribution is -2.60. The van der Waals surface area contributed by atoms with Crippen molar-refractivity contribution in [2.24, 2.45) is 0 Å². The lowest BCUT2D eigenvalue weighted by Gasteiger charge is -2.47. The molecule has 0 spiro atoms. The van der Waals surface area contributed by atoms with E-state index in [2.05, 4.69) is 30.7 Å². The first-order valence-electron chi connectivity index (χ1n) is 7.06. The largest absolute Gasteiger partial charge is 0.299 e. The first-order chi connectivity index (χ1) is 9.31. The van der Waals surface area contributed by atoms with Crippen LogP contribution in [0.3, 0.4) is 0 Å². The van der Waals surface area contributed by atoms with Crippen molar-refractivity contribution in [3.8, 4) is 0 Å². The summed E-state index contributed by atoms with van der Waals surface area (Å²) >= 11 is 5.87. The third-order valence-corrected chi connectivity index (χ3v) is 4.65. The highest BCUT2D eigenvalue weighted by molar-refractivity contribution is 6.30. The molecule has 1 aliphatic rings. The normalized spacial score (nSPS) is 21.6. The van der Waals surface area contributed by atoms with Crippen LogP contribution in [-0.2, 0) is 0 Å². The second-order valence-corrected chi connectivity index (χ2v) is 6.69. The first kappa shape index (κ1) is 15.5. The molecule has 0 aromatic heterocycles. The Morgan fingerprint density at radius 1 is 1.25 bits per heavy atom. The van der Waals surface area contributed by atoms with Crippen molar-refractivity contribution in [1.29, 1.82) is 0 Å². The quantitative estimate of drug-likeness (QED) is 0.801. The number of nitrogens with zero attached hydrogens (tertiary/aromatic N) is 2. The third kappa shape index (κ3) is 3.22. The summed E-state index contributed by atoms with van der Waals surface area (Å²) in [4.78, 5) is 17.2. The first-order valence-corrected chi connectivity index (χ1v) is 7.44. The minimum Gasteiger partial charge on any atom is -0.299 e. The molecule has 0 amide bonds. The van der Waals surface area contributed by atoms with E-state index in [9.17, 15) is 4.79 Å². The Hall–Kier alpha value is -0.900. The van der Waals surface area contributed by atoms with E-state index in [0.717, 1.165) is 25.2 Å². The number of rotatable bonds is 3. The molecule has 0 radical (unpaired) electrons. The molecule has 4 heteroatoms. The maximum atomic E-state index is 12.5. The Bertz CT molecular complexity index is 484. The molecule has 1 unspecified atom stereocenters. The maximum absolute atomic E-state index is 12.5. The summed E-state index contributed by atoms with van der Waals surface area (Å²) < 4.78 is 0. The van der Waals surface area contributed by atoms with Gasteiger partial charge in [-0.2, -0.15) is 0 Å². The molecule has 20 heavy (non-hydrogen) atoms. The molecule has 0 N–H and O–H groups in total. The van der Waals surface area contributed by atoms with Gasteiger partial charge in [-0.15, -0.1) is 0 Å². The van der Waals surface area contributed by atoms with E-state index < -0.39 is 0 Å². The van der Waals surface area contributed by atoms with Gasteiger partial charge in [0.15, 0.2) is 5.78 Å². The van der Waals surface area contributed by atoms with Crippen LogP contribution in [0.2, 0.25) is 5.02 Å². The van der Waals surface area contributed by atoms with Crippen LogP contribution in [0.15, 0.2) is 24.3 Å². The molecular formula is C16H23ClN2O. The number of Topliss-reactive ketones (excluding diaryl/α,β-unsaturated/α-hetero) is 1. The topological polar surface area (TPSA) is 23.6 Å². The number of carbonyl (C=O) groups excluding carboxylic acids is 1. The van der Waals surface area contributed by atoms with Gasteiger partial charge in [-0.05, 0) is 52.1 Å². The lowest BCUT2D eigenvalue weighted by molar-refractivity contribution is 0.0212. The minimum absolute atomic E-state index is 0.0934. The Kier molecular flexibility index (Phi) is 4.52. The number of likely N-dealkylation sites (N-methyl/N-ethyl adjacent to an activating group) is 1. The van der Waals surface area contributed by atoms with Crippen LogP contribution < -0.4 is 0 Å². The summed E-state index contributed by atoms with van der Waals surface area (Å²) in [6, 6.07) is 7.07. The predicted octanol–water partition coefficient (Wildman–Crippen LogP) is 2.94. The highest BCUT2D eigenvalue weighted by Gasteiger charge is 2.34. The van der Waals surface area contributed by atoms with E-state index >= 15 is 0 Å². The maximum Gasteiger partial charge on any atom is 0.179 e. The Morgan fingerprint density at radius 2 is 1.85 bits per heavy atom. The number of halogens is 1. The zero-order chi connectivity index (χ0) is 14.9. The van der Waals surface area contributed by atoms with Crippen molar-refractivity contribution < 1.29 is 4.79 Å². The second-order valence-electron chi connectivity index (χ2n) is 6.25. The van der Waals surface area contributed by atoms with Crippen LogP contribution in [0, 0.1) is 0 Å². The van der Waals surface area contributed by atoms with Crippen molar-refractivity contribution in [1.82, 2.24) is 9.80 Å². The van der Waals surface area contributed by atoms with Gasteiger partial charge in [-0.25, -0.2) is 0 Å². The van der Waals surface area contributed by atoms with Crippen molar-refractivity contribution in [2.45, 2.75) is 32.4 Å². The van der Waals surface area contributed by atoms with E-state index in [1.54, 1.807) is 12.1 Å². The van der Waals surface area contributed by atoms with Crippen LogP contribution in [0.1, 0.15) is 31.1 Å². The Morgan fingerprint density at radius 3 is 2.40 bits per heavy atom. The summed E-state index contributed by atoms with van der Waals surface area (Å²) in [5.74, 6) is 0.169. The fraction of sp³-hybridized carbons (Fsp3) is 0.562. The van der Waals surface area contributed by atoms with Crippen molar-refractivity contribution in [3.63, 3.8) is 0 Å². The van der Waals surface area contributed by atoms with Crippen LogP contribution in [0.5, 0.6) is 0 Å². The fourth-order valence-electron chi connectivity index (χ4n) is 2.63. The number of hydrogen-bond donors (Lipinski definition) is 0. The molecular weight excluding hydrogens is 272 g/mol. The standard InChI is InChI=1S/C16H23ClN2O/c1-12(15(20)13-5-7-14(17)8-6-13)19-10-9-18(4)16(2,3)11-19/h5-8,12H,9-11H2,1-4H3. The molecule has 1 fully saturated rings. The van der Waals surface area contributed by atoms with Crippen LogP contribution in [0.4, 0.5) is 0 Å². The molecule has 110 valence electrons. The molecule has 0 aliphatic carbocycles. The van der Waals surface area contributed by atoms with Gasteiger partial charge in [0.05, 0.1) is 6.04 Å². The van der Waals surface area contributed by atoms with Gasteiger partial charge in [-0.1, -0.05) is 11.6 Å². The predicted molar refractivity (Wildman–Crippen MR) is 83.5 cm³/mol. The number of hydrogen-bond acceptors (Lipinski definition) is 3. The van der Waals surface area contributed by atoms with Crippen LogP contribution >= 0.6 is 11.6 Å². The molecule has 1 aromatic carbocycles. The monoisotopic (exact) mass is 294 g/mol. The summed E-state index contributed by atoms with van der Waals surface area (Å²) in [6.07, 6.45) is 0. The average molecular weight is 295 g/mol. The van der Waals surface area contributed by atoms with Gasteiger partial charge in [0, 0.05) is 35.8 Å². The molecule has 1 atom stereocenters. The fourth-order valence-corrected chi connectivity index (χ4v) is 2.76. The summed E-state index contributed by atoms with van der Waals surface area (Å²) in [6.45, 7) is 9.27. The minimum atomic E-state index is -0.0934. The molecule has 1 aliphatic heterocycles. The van der Waals surface area contributed by atoms with Crippen molar-refractivity contribution in [3.05, 3.63) is 34.9 Å². The van der Waals surface area contributed by atoms with Crippen molar-refractivity contribution >= 4 is 17.4 Å². The lowest BCUT2D eigenvalue weighted by atomic mass is 9.96. The molecule has 1 heterocycles. The van der Waals surface area contributed by atoms with Crippen LogP contribution in [-0.4, -0.2) is 53.8 Å². The highest BCUT2D eigenvalue weighted by atomic mass is 35.5. The number of ketones is 1. The van der Waals surface area contributed by atoms with E-state index in [4.69, 9.17) is 11.6 Å². The van der Waals surface area contributed by atoms with Gasteiger partial charge >= 0.3 is 0 Å². The van der Waals surface area contributed by atoms with E-state index in [0.29, 0.717) is 5.02 Å². The summed E-state index contributed by atoms with van der Waals surface area (Å²) in [7, 11) is 2.14. The average Bonchev–Trinajstić information content (AvgIpc) is 2.41. The van der Waals surface area contributed by atoms with Gasteiger partial charge < -0.3 is 0 Å².